The van der Waals surface area contributed by atoms with Gasteiger partial charge in [-0.2, -0.15) is 26.3 Å². The van der Waals surface area contributed by atoms with Crippen LogP contribution in [0, 0.1) is 17.6 Å². The van der Waals surface area contributed by atoms with E-state index in [9.17, 15) is 35.1 Å². The van der Waals surface area contributed by atoms with Crippen LogP contribution in [0.25, 0.3) is 0 Å². The fourth-order valence-electron chi connectivity index (χ4n) is 1.63. The SMILES string of the molecule is COc1cc(F)c(C(Cl)C(C(F)(F)F)C(F)(F)F)c(F)c1. The van der Waals surface area contributed by atoms with Crippen LogP contribution < -0.4 is 4.74 Å². The second kappa shape index (κ2) is 5.86. The van der Waals surface area contributed by atoms with E-state index in [-0.39, 0.29) is 0 Å². The summed E-state index contributed by atoms with van der Waals surface area (Å²) in [6.07, 6.45) is -11.6. The first-order valence-corrected chi connectivity index (χ1v) is 5.63. The topological polar surface area (TPSA) is 9.23 Å². The Morgan fingerprint density at radius 1 is 0.952 bits per heavy atom. The predicted molar refractivity (Wildman–Crippen MR) is 57.1 cm³/mol. The zero-order chi connectivity index (χ0) is 16.6. The largest absolute Gasteiger partial charge is 0.497 e. The van der Waals surface area contributed by atoms with E-state index < -0.39 is 46.6 Å². The van der Waals surface area contributed by atoms with Gasteiger partial charge in [0.1, 0.15) is 17.4 Å². The zero-order valence-corrected chi connectivity index (χ0v) is 10.9. The third kappa shape index (κ3) is 3.90. The van der Waals surface area contributed by atoms with Crippen LogP contribution in [-0.2, 0) is 0 Å². The molecule has 0 saturated carbocycles. The number of alkyl halides is 7. The van der Waals surface area contributed by atoms with Gasteiger partial charge in [-0.15, -0.1) is 11.6 Å². The second-order valence-electron chi connectivity index (χ2n) is 3.97. The molecular formula is C11H7ClF8O. The highest BCUT2D eigenvalue weighted by Gasteiger charge is 2.61. The molecule has 1 aromatic carbocycles. The Kier molecular flexibility index (Phi) is 4.97. The van der Waals surface area contributed by atoms with Crippen molar-refractivity contribution in [1.82, 2.24) is 0 Å². The van der Waals surface area contributed by atoms with E-state index in [4.69, 9.17) is 11.6 Å². The van der Waals surface area contributed by atoms with E-state index in [1.165, 1.54) is 0 Å². The van der Waals surface area contributed by atoms with Gasteiger partial charge in [-0.25, -0.2) is 8.78 Å². The van der Waals surface area contributed by atoms with Gasteiger partial charge in [0.25, 0.3) is 0 Å². The molecule has 0 heterocycles. The molecule has 0 bridgehead atoms. The molecule has 0 fully saturated rings. The molecule has 10 heteroatoms. The van der Waals surface area contributed by atoms with Gasteiger partial charge in [0.05, 0.1) is 12.5 Å². The van der Waals surface area contributed by atoms with Crippen molar-refractivity contribution < 1.29 is 39.9 Å². The number of halogens is 9. The maximum Gasteiger partial charge on any atom is 0.402 e. The highest BCUT2D eigenvalue weighted by Crippen LogP contribution is 2.50. The smallest absolute Gasteiger partial charge is 0.402 e. The minimum Gasteiger partial charge on any atom is -0.497 e. The van der Waals surface area contributed by atoms with Crippen molar-refractivity contribution >= 4 is 11.6 Å². The van der Waals surface area contributed by atoms with Crippen molar-refractivity contribution in [2.45, 2.75) is 17.7 Å². The molecule has 0 saturated heterocycles. The fourth-order valence-corrected chi connectivity index (χ4v) is 2.12. The number of rotatable bonds is 3. The second-order valence-corrected chi connectivity index (χ2v) is 4.44. The highest BCUT2D eigenvalue weighted by molar-refractivity contribution is 6.21. The molecule has 120 valence electrons. The first-order valence-electron chi connectivity index (χ1n) is 5.20. The van der Waals surface area contributed by atoms with E-state index >= 15 is 0 Å². The molecule has 0 aliphatic carbocycles. The third-order valence-electron chi connectivity index (χ3n) is 2.56. The molecule has 0 aliphatic rings. The van der Waals surface area contributed by atoms with Crippen molar-refractivity contribution in [2.75, 3.05) is 7.11 Å². The monoisotopic (exact) mass is 342 g/mol. The van der Waals surface area contributed by atoms with Gasteiger partial charge < -0.3 is 4.74 Å². The van der Waals surface area contributed by atoms with Crippen LogP contribution in [0.1, 0.15) is 10.9 Å². The Labute approximate surface area is 118 Å². The van der Waals surface area contributed by atoms with Crippen molar-refractivity contribution in [1.29, 1.82) is 0 Å². The van der Waals surface area contributed by atoms with E-state index in [0.29, 0.717) is 12.1 Å². The zero-order valence-electron chi connectivity index (χ0n) is 10.1. The van der Waals surface area contributed by atoms with E-state index in [2.05, 4.69) is 4.74 Å². The Balaban J connectivity index is 3.38. The molecule has 0 N–H and O–H groups in total. The quantitative estimate of drug-likeness (QED) is 0.555. The number of hydrogen-bond donors (Lipinski definition) is 0. The molecule has 1 nitrogen and oxygen atoms in total. The minimum atomic E-state index is -5.82. The van der Waals surface area contributed by atoms with Gasteiger partial charge in [0.15, 0.2) is 5.92 Å². The molecule has 1 rings (SSSR count). The molecule has 1 aromatic rings. The maximum atomic E-state index is 13.5. The number of hydrogen-bond acceptors (Lipinski definition) is 1. The Morgan fingerprint density at radius 3 is 1.62 bits per heavy atom. The van der Waals surface area contributed by atoms with Gasteiger partial charge in [-0.3, -0.25) is 0 Å². The molecule has 21 heavy (non-hydrogen) atoms. The van der Waals surface area contributed by atoms with Crippen LogP contribution in [0.5, 0.6) is 5.75 Å². The molecule has 0 aliphatic heterocycles. The summed E-state index contributed by atoms with van der Waals surface area (Å²) in [5.74, 6) is -7.84. The maximum absolute atomic E-state index is 13.5. The summed E-state index contributed by atoms with van der Waals surface area (Å²) in [4.78, 5) is 0. The fraction of sp³-hybridized carbons (Fsp3) is 0.455. The summed E-state index contributed by atoms with van der Waals surface area (Å²) in [5.41, 5.74) is -1.52. The third-order valence-corrected chi connectivity index (χ3v) is 3.03. The van der Waals surface area contributed by atoms with Crippen molar-refractivity contribution in [3.8, 4) is 5.75 Å². The standard InChI is InChI=1S/C11H7ClF8O/c1-21-4-2-5(13)7(6(14)3-4)8(12)9(10(15,16)17)11(18,19)20/h2-3,8-9H,1H3. The Morgan fingerprint density at radius 2 is 1.33 bits per heavy atom. The van der Waals surface area contributed by atoms with Crippen LogP contribution in [-0.4, -0.2) is 19.5 Å². The summed E-state index contributed by atoms with van der Waals surface area (Å²) in [5, 5.41) is -3.00. The Bertz CT molecular complexity index is 473. The minimum absolute atomic E-state index is 0.409. The Hall–Kier alpha value is -1.25. The lowest BCUT2D eigenvalue weighted by Gasteiger charge is -2.27. The van der Waals surface area contributed by atoms with Crippen molar-refractivity contribution in [3.63, 3.8) is 0 Å². The lowest BCUT2D eigenvalue weighted by molar-refractivity contribution is -0.285. The number of ether oxygens (including phenoxy) is 1. The van der Waals surface area contributed by atoms with E-state index in [0.717, 1.165) is 7.11 Å². The number of methoxy groups -OCH3 is 1. The number of benzene rings is 1. The van der Waals surface area contributed by atoms with Gasteiger partial charge in [-0.05, 0) is 0 Å². The summed E-state index contributed by atoms with van der Waals surface area (Å²) < 4.78 is 106. The molecule has 0 aromatic heterocycles. The van der Waals surface area contributed by atoms with Crippen LogP contribution in [0.15, 0.2) is 12.1 Å². The van der Waals surface area contributed by atoms with Crippen LogP contribution in [0.2, 0.25) is 0 Å². The lowest BCUT2D eigenvalue weighted by Crippen LogP contribution is -2.39. The molecular weight excluding hydrogens is 336 g/mol. The lowest BCUT2D eigenvalue weighted by atomic mass is 9.96. The summed E-state index contributed by atoms with van der Waals surface area (Å²) >= 11 is 5.09. The molecule has 1 unspecified atom stereocenters. The van der Waals surface area contributed by atoms with Crippen LogP contribution in [0.3, 0.4) is 0 Å². The molecule has 0 spiro atoms. The van der Waals surface area contributed by atoms with E-state index in [1.807, 2.05) is 0 Å². The summed E-state index contributed by atoms with van der Waals surface area (Å²) in [6, 6.07) is 0.884. The molecule has 1 atom stereocenters. The molecule has 0 radical (unpaired) electrons. The molecule has 0 amide bonds. The van der Waals surface area contributed by atoms with Gasteiger partial charge in [0, 0.05) is 17.7 Å². The summed E-state index contributed by atoms with van der Waals surface area (Å²) in [6.45, 7) is 0. The van der Waals surface area contributed by atoms with E-state index in [1.54, 1.807) is 0 Å². The predicted octanol–water partition coefficient (Wildman–Crippen LogP) is 4.99. The average molecular weight is 343 g/mol. The van der Waals surface area contributed by atoms with Crippen LogP contribution >= 0.6 is 11.6 Å². The summed E-state index contributed by atoms with van der Waals surface area (Å²) in [7, 11) is 1.01. The highest BCUT2D eigenvalue weighted by atomic mass is 35.5. The average Bonchev–Trinajstić information content (AvgIpc) is 2.23. The first-order chi connectivity index (χ1) is 9.39. The van der Waals surface area contributed by atoms with Crippen LogP contribution in [0.4, 0.5) is 35.1 Å². The van der Waals surface area contributed by atoms with Gasteiger partial charge >= 0.3 is 12.4 Å². The normalized spacial score (nSPS) is 14.4. The van der Waals surface area contributed by atoms with Crippen molar-refractivity contribution in [3.05, 3.63) is 29.3 Å². The van der Waals surface area contributed by atoms with Gasteiger partial charge in [0.2, 0.25) is 0 Å². The first kappa shape index (κ1) is 17.8. The van der Waals surface area contributed by atoms with Gasteiger partial charge in [-0.1, -0.05) is 0 Å². The van der Waals surface area contributed by atoms with Crippen molar-refractivity contribution in [2.24, 2.45) is 5.92 Å².